The number of benzene rings is 2. The van der Waals surface area contributed by atoms with Gasteiger partial charge in [-0.1, -0.05) is 55.5 Å². The molecule has 35 heavy (non-hydrogen) atoms. The lowest BCUT2D eigenvalue weighted by Gasteiger charge is -2.30. The first-order valence-corrected chi connectivity index (χ1v) is 12.4. The Bertz CT molecular complexity index is 1050. The lowest BCUT2D eigenvalue weighted by Crippen LogP contribution is -2.51. The fraction of sp³-hybridized carbons (Fsp3) is 0.464. The number of aliphatic carboxylic acids is 1. The van der Waals surface area contributed by atoms with E-state index in [0.717, 1.165) is 24.0 Å². The van der Waals surface area contributed by atoms with Gasteiger partial charge in [-0.25, -0.2) is 4.79 Å². The third-order valence-corrected chi connectivity index (χ3v) is 7.30. The summed E-state index contributed by atoms with van der Waals surface area (Å²) in [6.07, 6.45) is 2.68. The molecule has 0 bridgehead atoms. The molecule has 2 aromatic rings. The Kier molecular flexibility index (Phi) is 7.43. The van der Waals surface area contributed by atoms with Crippen molar-refractivity contribution in [2.24, 2.45) is 11.8 Å². The Morgan fingerprint density at radius 2 is 1.66 bits per heavy atom. The van der Waals surface area contributed by atoms with Gasteiger partial charge in [-0.05, 0) is 60.8 Å². The highest BCUT2D eigenvalue weighted by molar-refractivity contribution is 5.80. The normalized spacial score (nSPS) is 17.0. The van der Waals surface area contributed by atoms with Gasteiger partial charge in [0.25, 0.3) is 0 Å². The highest BCUT2D eigenvalue weighted by atomic mass is 16.5. The van der Waals surface area contributed by atoms with E-state index in [1.165, 1.54) is 11.1 Å². The van der Waals surface area contributed by atoms with Gasteiger partial charge in [0.05, 0.1) is 11.5 Å². The second-order valence-electron chi connectivity index (χ2n) is 10.1. The molecule has 0 spiro atoms. The monoisotopic (exact) mass is 478 g/mol. The number of alkyl carbamates (subject to hydrolysis) is 1. The van der Waals surface area contributed by atoms with Crippen molar-refractivity contribution in [3.8, 4) is 11.1 Å². The summed E-state index contributed by atoms with van der Waals surface area (Å²) < 4.78 is 5.70. The van der Waals surface area contributed by atoms with Crippen LogP contribution < -0.4 is 10.6 Å². The van der Waals surface area contributed by atoms with E-state index in [4.69, 9.17) is 9.84 Å². The van der Waals surface area contributed by atoms with Crippen molar-refractivity contribution >= 4 is 18.0 Å². The molecule has 2 aliphatic carbocycles. The summed E-state index contributed by atoms with van der Waals surface area (Å²) in [7, 11) is 0. The Hall–Kier alpha value is -3.35. The summed E-state index contributed by atoms with van der Waals surface area (Å²) in [6, 6.07) is 16.4. The average Bonchev–Trinajstić information content (AvgIpc) is 3.64. The number of hydrogen-bond donors (Lipinski definition) is 3. The summed E-state index contributed by atoms with van der Waals surface area (Å²) in [6.45, 7) is 4.21. The van der Waals surface area contributed by atoms with Gasteiger partial charge >= 0.3 is 12.1 Å². The SMILES string of the molecule is CC(CCCNC(=O)CC(C)(NC(=O)OCC1c2ccccc2-c2ccccc21)C1CC1)C(=O)O. The molecule has 0 heterocycles. The number of carbonyl (C=O) groups is 3. The predicted molar refractivity (Wildman–Crippen MR) is 133 cm³/mol. The summed E-state index contributed by atoms with van der Waals surface area (Å²) in [5.74, 6) is -1.19. The quantitative estimate of drug-likeness (QED) is 0.406. The predicted octanol–water partition coefficient (Wildman–Crippen LogP) is 4.70. The number of carboxylic acids is 1. The van der Waals surface area contributed by atoms with Crippen molar-refractivity contribution < 1.29 is 24.2 Å². The van der Waals surface area contributed by atoms with Crippen LogP contribution in [-0.2, 0) is 14.3 Å². The lowest BCUT2D eigenvalue weighted by molar-refractivity contribution is -0.141. The van der Waals surface area contributed by atoms with Crippen LogP contribution in [0.3, 0.4) is 0 Å². The molecule has 7 heteroatoms. The van der Waals surface area contributed by atoms with Crippen LogP contribution in [0.2, 0.25) is 0 Å². The van der Waals surface area contributed by atoms with E-state index in [9.17, 15) is 14.4 Å². The number of rotatable bonds is 11. The Labute approximate surface area is 206 Å². The lowest BCUT2D eigenvalue weighted by atomic mass is 9.91. The van der Waals surface area contributed by atoms with Gasteiger partial charge in [-0.2, -0.15) is 0 Å². The molecule has 0 saturated heterocycles. The zero-order valence-electron chi connectivity index (χ0n) is 20.4. The van der Waals surface area contributed by atoms with Crippen molar-refractivity contribution in [3.05, 3.63) is 59.7 Å². The number of carbonyl (C=O) groups excluding carboxylic acids is 2. The number of nitrogens with one attached hydrogen (secondary N) is 2. The zero-order chi connectivity index (χ0) is 25.0. The zero-order valence-corrected chi connectivity index (χ0v) is 20.4. The van der Waals surface area contributed by atoms with Crippen molar-refractivity contribution in [1.29, 1.82) is 0 Å². The van der Waals surface area contributed by atoms with Crippen molar-refractivity contribution in [2.45, 2.75) is 57.4 Å². The molecule has 2 unspecified atom stereocenters. The fourth-order valence-corrected chi connectivity index (χ4v) is 5.03. The topological polar surface area (TPSA) is 105 Å². The molecular formula is C28H34N2O5. The number of hydrogen-bond acceptors (Lipinski definition) is 4. The van der Waals surface area contributed by atoms with Crippen LogP contribution in [0.4, 0.5) is 4.79 Å². The highest BCUT2D eigenvalue weighted by Crippen LogP contribution is 2.45. The maximum absolute atomic E-state index is 12.8. The molecule has 0 aliphatic heterocycles. The molecule has 3 N–H and O–H groups in total. The summed E-state index contributed by atoms with van der Waals surface area (Å²) >= 11 is 0. The van der Waals surface area contributed by atoms with Gasteiger partial charge in [0.2, 0.25) is 5.91 Å². The third kappa shape index (κ3) is 5.84. The number of carboxylic acid groups (broad SMARTS) is 1. The highest BCUT2D eigenvalue weighted by Gasteiger charge is 2.44. The molecular weight excluding hydrogens is 444 g/mol. The van der Waals surface area contributed by atoms with E-state index < -0.39 is 23.5 Å². The molecule has 1 saturated carbocycles. The molecule has 1 fully saturated rings. The molecule has 2 aliphatic rings. The number of amides is 2. The van der Waals surface area contributed by atoms with Crippen LogP contribution in [0.25, 0.3) is 11.1 Å². The second kappa shape index (κ2) is 10.5. The molecule has 7 nitrogen and oxygen atoms in total. The first-order valence-electron chi connectivity index (χ1n) is 12.4. The van der Waals surface area contributed by atoms with Gasteiger partial charge in [0.1, 0.15) is 6.61 Å². The Morgan fingerprint density at radius 1 is 1.06 bits per heavy atom. The van der Waals surface area contributed by atoms with Gasteiger partial charge in [-0.15, -0.1) is 0 Å². The summed E-state index contributed by atoms with van der Waals surface area (Å²) in [5.41, 5.74) is 3.98. The second-order valence-corrected chi connectivity index (χ2v) is 10.1. The van der Waals surface area contributed by atoms with Crippen molar-refractivity contribution in [2.75, 3.05) is 13.2 Å². The third-order valence-electron chi connectivity index (χ3n) is 7.30. The average molecular weight is 479 g/mol. The first-order chi connectivity index (χ1) is 16.8. The van der Waals surface area contributed by atoms with Gasteiger partial charge < -0.3 is 20.5 Å². The molecule has 4 rings (SSSR count). The molecule has 0 aromatic heterocycles. The van der Waals surface area contributed by atoms with E-state index in [1.54, 1.807) is 6.92 Å². The number of fused-ring (bicyclic) bond motifs is 3. The minimum atomic E-state index is -0.829. The van der Waals surface area contributed by atoms with Crippen LogP contribution in [0.5, 0.6) is 0 Å². The van der Waals surface area contributed by atoms with E-state index in [1.807, 2.05) is 31.2 Å². The van der Waals surface area contributed by atoms with E-state index in [2.05, 4.69) is 34.9 Å². The van der Waals surface area contributed by atoms with Crippen molar-refractivity contribution in [3.63, 3.8) is 0 Å². The standard InChI is InChI=1S/C28H34N2O5/c1-18(26(32)33)8-7-15-29-25(31)16-28(2,19-13-14-19)30-27(34)35-17-24-22-11-5-3-9-20(22)21-10-4-6-12-23(21)24/h3-6,9-12,18-19,24H,7-8,13-17H2,1-2H3,(H,29,31)(H,30,34)(H,32,33). The maximum atomic E-state index is 12.8. The molecule has 2 amide bonds. The smallest absolute Gasteiger partial charge is 0.407 e. The minimum absolute atomic E-state index is 0.0168. The van der Waals surface area contributed by atoms with E-state index >= 15 is 0 Å². The van der Waals surface area contributed by atoms with E-state index in [-0.39, 0.29) is 30.8 Å². The summed E-state index contributed by atoms with van der Waals surface area (Å²) in [4.78, 5) is 36.3. The molecule has 186 valence electrons. The van der Waals surface area contributed by atoms with Crippen molar-refractivity contribution in [1.82, 2.24) is 10.6 Å². The first kappa shape index (κ1) is 24.8. The van der Waals surface area contributed by atoms with Gasteiger partial charge in [0.15, 0.2) is 0 Å². The largest absolute Gasteiger partial charge is 0.481 e. The van der Waals surface area contributed by atoms with Crippen LogP contribution in [0.15, 0.2) is 48.5 Å². The Morgan fingerprint density at radius 3 is 2.23 bits per heavy atom. The minimum Gasteiger partial charge on any atom is -0.481 e. The van der Waals surface area contributed by atoms with Crippen LogP contribution in [0.1, 0.15) is 63.0 Å². The molecule has 2 aromatic carbocycles. The summed E-state index contributed by atoms with van der Waals surface area (Å²) in [5, 5.41) is 14.8. The van der Waals surface area contributed by atoms with Crippen LogP contribution in [0, 0.1) is 11.8 Å². The molecule has 2 atom stereocenters. The fourth-order valence-electron chi connectivity index (χ4n) is 5.03. The van der Waals surface area contributed by atoms with Gasteiger partial charge in [-0.3, -0.25) is 9.59 Å². The Balaban J connectivity index is 1.31. The molecule has 0 radical (unpaired) electrons. The van der Waals surface area contributed by atoms with Gasteiger partial charge in [0, 0.05) is 18.9 Å². The van der Waals surface area contributed by atoms with Crippen LogP contribution in [-0.4, -0.2) is 41.8 Å². The maximum Gasteiger partial charge on any atom is 0.407 e. The number of ether oxygens (including phenoxy) is 1. The van der Waals surface area contributed by atoms with Crippen LogP contribution >= 0.6 is 0 Å². The van der Waals surface area contributed by atoms with E-state index in [0.29, 0.717) is 19.4 Å².